The molecule has 0 bridgehead atoms. The van der Waals surface area contributed by atoms with E-state index in [4.69, 9.17) is 16.3 Å². The number of aliphatic carboxylic acids is 1. The zero-order chi connectivity index (χ0) is 21.5. The summed E-state index contributed by atoms with van der Waals surface area (Å²) >= 11 is 6.18. The van der Waals surface area contributed by atoms with E-state index in [0.29, 0.717) is 30.3 Å². The molecule has 9 heteroatoms. The fraction of sp³-hybridized carbons (Fsp3) is 0.286. The minimum Gasteiger partial charge on any atom is -0.497 e. The molecule has 4 rings (SSSR count). The van der Waals surface area contributed by atoms with Crippen LogP contribution in [0.25, 0.3) is 10.9 Å². The van der Waals surface area contributed by atoms with Crippen LogP contribution in [0, 0.1) is 0 Å². The van der Waals surface area contributed by atoms with E-state index in [9.17, 15) is 18.3 Å². The molecule has 1 unspecified atom stereocenters. The van der Waals surface area contributed by atoms with E-state index >= 15 is 0 Å². The van der Waals surface area contributed by atoms with E-state index in [1.807, 2.05) is 12.3 Å². The summed E-state index contributed by atoms with van der Waals surface area (Å²) in [5.74, 6) is -0.395. The number of halogens is 1. The van der Waals surface area contributed by atoms with Crippen LogP contribution in [0.2, 0.25) is 5.02 Å². The zero-order valence-corrected chi connectivity index (χ0v) is 17.9. The van der Waals surface area contributed by atoms with Gasteiger partial charge >= 0.3 is 5.97 Å². The molecule has 158 valence electrons. The SMILES string of the molecule is COc1ccc(S(=O)(=O)N2CCC(c3cn(CC(=O)O)c4ccc(Cl)cc34)C2)cc1. The van der Waals surface area contributed by atoms with Crippen molar-refractivity contribution in [3.8, 4) is 5.75 Å². The Morgan fingerprint density at radius 2 is 1.97 bits per heavy atom. The molecule has 1 aliphatic heterocycles. The number of benzene rings is 2. The number of hydrogen-bond acceptors (Lipinski definition) is 4. The van der Waals surface area contributed by atoms with Gasteiger partial charge in [-0.25, -0.2) is 8.42 Å². The Labute approximate surface area is 179 Å². The average molecular weight is 449 g/mol. The summed E-state index contributed by atoms with van der Waals surface area (Å²) in [7, 11) is -2.10. The number of sulfonamides is 1. The van der Waals surface area contributed by atoms with Gasteiger partial charge in [-0.1, -0.05) is 11.6 Å². The van der Waals surface area contributed by atoms with Gasteiger partial charge in [0.15, 0.2) is 0 Å². The smallest absolute Gasteiger partial charge is 0.323 e. The van der Waals surface area contributed by atoms with Crippen LogP contribution in [0.1, 0.15) is 17.9 Å². The number of nitrogens with zero attached hydrogens (tertiary/aromatic N) is 2. The first-order valence-electron chi connectivity index (χ1n) is 9.44. The average Bonchev–Trinajstić information content (AvgIpc) is 3.33. The van der Waals surface area contributed by atoms with E-state index in [2.05, 4.69) is 0 Å². The fourth-order valence-corrected chi connectivity index (χ4v) is 5.67. The number of carboxylic acid groups (broad SMARTS) is 1. The lowest BCUT2D eigenvalue weighted by Gasteiger charge is -2.17. The molecule has 1 saturated heterocycles. The molecule has 1 aliphatic rings. The molecule has 2 aromatic carbocycles. The molecule has 1 N–H and O–H groups in total. The van der Waals surface area contributed by atoms with E-state index in [1.54, 1.807) is 41.0 Å². The topological polar surface area (TPSA) is 88.8 Å². The van der Waals surface area contributed by atoms with Gasteiger partial charge in [-0.2, -0.15) is 4.31 Å². The maximum absolute atomic E-state index is 13.1. The van der Waals surface area contributed by atoms with Crippen molar-refractivity contribution in [1.82, 2.24) is 8.87 Å². The van der Waals surface area contributed by atoms with Crippen molar-refractivity contribution >= 4 is 38.5 Å². The van der Waals surface area contributed by atoms with Crippen LogP contribution >= 0.6 is 11.6 Å². The Hall–Kier alpha value is -2.55. The van der Waals surface area contributed by atoms with Crippen molar-refractivity contribution in [2.75, 3.05) is 20.2 Å². The van der Waals surface area contributed by atoms with Crippen LogP contribution in [-0.4, -0.2) is 48.6 Å². The maximum atomic E-state index is 13.1. The monoisotopic (exact) mass is 448 g/mol. The minimum absolute atomic E-state index is 0.0472. The standard InChI is InChI=1S/C21H21ClN2O5S/c1-29-16-3-5-17(6-4-16)30(27,28)24-9-8-14(11-24)19-12-23(13-21(25)26)20-7-2-15(22)10-18(19)20/h2-7,10,12,14H,8-9,11,13H2,1H3,(H,25,26). The van der Waals surface area contributed by atoms with Gasteiger partial charge in [0.2, 0.25) is 10.0 Å². The number of rotatable bonds is 6. The van der Waals surface area contributed by atoms with Gasteiger partial charge in [0.25, 0.3) is 0 Å². The first kappa shape index (κ1) is 20.7. The molecule has 0 spiro atoms. The molecule has 1 atom stereocenters. The normalized spacial score (nSPS) is 17.5. The second-order valence-corrected chi connectivity index (χ2v) is 9.67. The lowest BCUT2D eigenvalue weighted by molar-refractivity contribution is -0.137. The number of carboxylic acids is 1. The third kappa shape index (κ3) is 3.78. The Bertz CT molecular complexity index is 1200. The first-order chi connectivity index (χ1) is 14.3. The van der Waals surface area contributed by atoms with Crippen LogP contribution in [-0.2, 0) is 21.4 Å². The van der Waals surface area contributed by atoms with Crippen molar-refractivity contribution < 1.29 is 23.1 Å². The molecule has 0 saturated carbocycles. The van der Waals surface area contributed by atoms with Crippen molar-refractivity contribution in [1.29, 1.82) is 0 Å². The Kier molecular flexibility index (Phi) is 5.48. The van der Waals surface area contributed by atoms with Gasteiger partial charge < -0.3 is 14.4 Å². The lowest BCUT2D eigenvalue weighted by atomic mass is 9.98. The van der Waals surface area contributed by atoms with E-state index in [1.165, 1.54) is 11.4 Å². The Morgan fingerprint density at radius 1 is 1.23 bits per heavy atom. The van der Waals surface area contributed by atoms with Crippen molar-refractivity contribution in [2.45, 2.75) is 23.8 Å². The summed E-state index contributed by atoms with van der Waals surface area (Å²) in [6, 6.07) is 11.7. The fourth-order valence-electron chi connectivity index (χ4n) is 4.00. The maximum Gasteiger partial charge on any atom is 0.323 e. The number of hydrogen-bond donors (Lipinski definition) is 1. The van der Waals surface area contributed by atoms with Crippen LogP contribution in [0.4, 0.5) is 0 Å². The van der Waals surface area contributed by atoms with Gasteiger partial charge in [0.1, 0.15) is 12.3 Å². The van der Waals surface area contributed by atoms with E-state index in [-0.39, 0.29) is 17.4 Å². The molecule has 1 fully saturated rings. The number of carbonyl (C=O) groups is 1. The molecule has 2 heterocycles. The summed E-state index contributed by atoms with van der Waals surface area (Å²) in [6.07, 6.45) is 2.46. The number of aromatic nitrogens is 1. The number of fused-ring (bicyclic) bond motifs is 1. The summed E-state index contributed by atoms with van der Waals surface area (Å²) in [6.45, 7) is 0.553. The summed E-state index contributed by atoms with van der Waals surface area (Å²) in [5.41, 5.74) is 1.69. The molecule has 3 aromatic rings. The van der Waals surface area contributed by atoms with Crippen LogP contribution in [0.15, 0.2) is 53.6 Å². The van der Waals surface area contributed by atoms with E-state index in [0.717, 1.165) is 16.5 Å². The van der Waals surface area contributed by atoms with Crippen molar-refractivity contribution in [3.05, 3.63) is 59.2 Å². The van der Waals surface area contributed by atoms with Gasteiger partial charge in [-0.15, -0.1) is 0 Å². The molecular weight excluding hydrogens is 428 g/mol. The van der Waals surface area contributed by atoms with Crippen molar-refractivity contribution in [2.24, 2.45) is 0 Å². The molecule has 1 aromatic heterocycles. The van der Waals surface area contributed by atoms with Gasteiger partial charge in [0, 0.05) is 41.1 Å². The third-order valence-corrected chi connectivity index (χ3v) is 7.58. The highest BCUT2D eigenvalue weighted by Crippen LogP contribution is 2.37. The van der Waals surface area contributed by atoms with Crippen molar-refractivity contribution in [3.63, 3.8) is 0 Å². The zero-order valence-electron chi connectivity index (χ0n) is 16.3. The molecular formula is C21H21ClN2O5S. The molecule has 0 amide bonds. The molecule has 0 aliphatic carbocycles. The third-order valence-electron chi connectivity index (χ3n) is 5.47. The van der Waals surface area contributed by atoms with Gasteiger partial charge in [-0.3, -0.25) is 4.79 Å². The van der Waals surface area contributed by atoms with Crippen LogP contribution < -0.4 is 4.74 Å². The summed E-state index contributed by atoms with van der Waals surface area (Å²) < 4.78 is 34.4. The second-order valence-electron chi connectivity index (χ2n) is 7.29. The minimum atomic E-state index is -3.63. The van der Waals surface area contributed by atoms with Gasteiger partial charge in [0.05, 0.1) is 12.0 Å². The molecule has 7 nitrogen and oxygen atoms in total. The Morgan fingerprint density at radius 3 is 2.63 bits per heavy atom. The van der Waals surface area contributed by atoms with E-state index < -0.39 is 16.0 Å². The second kappa shape index (κ2) is 7.94. The molecule has 0 radical (unpaired) electrons. The predicted molar refractivity (Wildman–Crippen MR) is 114 cm³/mol. The number of ether oxygens (including phenoxy) is 1. The highest BCUT2D eigenvalue weighted by atomic mass is 35.5. The van der Waals surface area contributed by atoms with Crippen LogP contribution in [0.5, 0.6) is 5.75 Å². The number of methoxy groups -OCH3 is 1. The first-order valence-corrected chi connectivity index (χ1v) is 11.3. The molecule has 30 heavy (non-hydrogen) atoms. The largest absolute Gasteiger partial charge is 0.497 e. The Balaban J connectivity index is 1.64. The summed E-state index contributed by atoms with van der Waals surface area (Å²) in [4.78, 5) is 11.5. The predicted octanol–water partition coefficient (Wildman–Crippen LogP) is 3.57. The highest BCUT2D eigenvalue weighted by molar-refractivity contribution is 7.89. The summed E-state index contributed by atoms with van der Waals surface area (Å²) in [5, 5.41) is 10.6. The highest BCUT2D eigenvalue weighted by Gasteiger charge is 2.34. The van der Waals surface area contributed by atoms with Crippen LogP contribution in [0.3, 0.4) is 0 Å². The van der Waals surface area contributed by atoms with Gasteiger partial charge in [-0.05, 0) is 54.4 Å². The lowest BCUT2D eigenvalue weighted by Crippen LogP contribution is -2.28. The quantitative estimate of drug-likeness (QED) is 0.622.